The van der Waals surface area contributed by atoms with Crippen LogP contribution in [0.1, 0.15) is 389 Å². The van der Waals surface area contributed by atoms with Gasteiger partial charge in [-0.25, -0.2) is 9.13 Å². The molecule has 564 valence electrons. The molecule has 0 amide bonds. The van der Waals surface area contributed by atoms with Crippen molar-refractivity contribution in [3.63, 3.8) is 0 Å². The molecule has 3 unspecified atom stereocenters. The number of hydrogen-bond donors (Lipinski definition) is 3. The fraction of sp³-hybridized carbons (Fsp3) is 0.947. The molecule has 19 heteroatoms. The average molecular weight is 1400 g/mol. The van der Waals surface area contributed by atoms with E-state index in [9.17, 15) is 43.2 Å². The van der Waals surface area contributed by atoms with Crippen molar-refractivity contribution < 1.29 is 80.2 Å². The van der Waals surface area contributed by atoms with Gasteiger partial charge in [0.15, 0.2) is 12.2 Å². The Morgan fingerprint density at radius 1 is 0.305 bits per heavy atom. The highest BCUT2D eigenvalue weighted by Crippen LogP contribution is 2.45. The molecule has 0 bridgehead atoms. The van der Waals surface area contributed by atoms with Crippen LogP contribution in [0.25, 0.3) is 0 Å². The Morgan fingerprint density at radius 3 is 0.800 bits per heavy atom. The van der Waals surface area contributed by atoms with E-state index < -0.39 is 97.5 Å². The number of carbonyl (C=O) groups excluding carboxylic acids is 4. The predicted molar refractivity (Wildman–Crippen MR) is 386 cm³/mol. The summed E-state index contributed by atoms with van der Waals surface area (Å²) in [6.45, 7) is 11.9. The first-order valence-corrected chi connectivity index (χ1v) is 42.4. The van der Waals surface area contributed by atoms with Crippen molar-refractivity contribution in [3.8, 4) is 0 Å². The Kier molecular flexibility index (Phi) is 65.2. The molecule has 0 saturated carbocycles. The first kappa shape index (κ1) is 93.1. The molecule has 0 aliphatic rings. The SMILES string of the molecule is CCCCCCCCCCCCCCCCCCCC(=O)O[C@H](COC(=O)CCCCCCCCCCCCCC(C)C)COP(=O)(O)OC[C@@H](O)COP(=O)(O)OC[C@@H](COC(=O)CCCCCCCCCC(C)C)OC(=O)CCCCCCCCCCCCC(C)CC. The van der Waals surface area contributed by atoms with Crippen LogP contribution < -0.4 is 0 Å². The first-order chi connectivity index (χ1) is 45.8. The van der Waals surface area contributed by atoms with Gasteiger partial charge < -0.3 is 33.8 Å². The second kappa shape index (κ2) is 66.6. The molecule has 0 fully saturated rings. The summed E-state index contributed by atoms with van der Waals surface area (Å²) >= 11 is 0. The molecular weight excluding hydrogens is 1250 g/mol. The van der Waals surface area contributed by atoms with Crippen LogP contribution in [-0.2, 0) is 65.4 Å². The number of aliphatic hydroxyl groups is 1. The van der Waals surface area contributed by atoms with Crippen molar-refractivity contribution in [2.45, 2.75) is 407 Å². The Bertz CT molecular complexity index is 1850. The Hall–Kier alpha value is -1.94. The molecule has 0 aromatic rings. The molecule has 3 N–H and O–H groups in total. The lowest BCUT2D eigenvalue weighted by molar-refractivity contribution is -0.161. The van der Waals surface area contributed by atoms with Crippen LogP contribution in [0, 0.1) is 17.8 Å². The summed E-state index contributed by atoms with van der Waals surface area (Å²) in [6.07, 6.45) is 52.7. The van der Waals surface area contributed by atoms with Gasteiger partial charge in [-0.3, -0.25) is 37.3 Å². The summed E-state index contributed by atoms with van der Waals surface area (Å²) in [6, 6.07) is 0. The third-order valence-corrected chi connectivity index (χ3v) is 19.9. The summed E-state index contributed by atoms with van der Waals surface area (Å²) in [5, 5.41) is 10.6. The fourth-order valence-corrected chi connectivity index (χ4v) is 13.1. The van der Waals surface area contributed by atoms with Crippen molar-refractivity contribution in [3.05, 3.63) is 0 Å². The smallest absolute Gasteiger partial charge is 0.462 e. The summed E-state index contributed by atoms with van der Waals surface area (Å²) in [5.74, 6) is 0.161. The van der Waals surface area contributed by atoms with E-state index in [0.717, 1.165) is 108 Å². The summed E-state index contributed by atoms with van der Waals surface area (Å²) in [7, 11) is -9.91. The monoisotopic (exact) mass is 1400 g/mol. The lowest BCUT2D eigenvalue weighted by atomic mass is 9.99. The normalized spacial score (nSPS) is 14.4. The van der Waals surface area contributed by atoms with E-state index in [0.29, 0.717) is 31.6 Å². The first-order valence-electron chi connectivity index (χ1n) is 39.4. The highest BCUT2D eigenvalue weighted by Gasteiger charge is 2.30. The molecule has 0 spiro atoms. The van der Waals surface area contributed by atoms with Crippen LogP contribution in [0.3, 0.4) is 0 Å². The van der Waals surface area contributed by atoms with Gasteiger partial charge in [-0.05, 0) is 43.4 Å². The number of aliphatic hydroxyl groups excluding tert-OH is 1. The van der Waals surface area contributed by atoms with Gasteiger partial charge in [0, 0.05) is 25.7 Å². The quantitative estimate of drug-likeness (QED) is 0.0222. The molecule has 17 nitrogen and oxygen atoms in total. The molecule has 0 rings (SSSR count). The van der Waals surface area contributed by atoms with Gasteiger partial charge in [0.25, 0.3) is 0 Å². The predicted octanol–water partition coefficient (Wildman–Crippen LogP) is 22.2. The summed E-state index contributed by atoms with van der Waals surface area (Å²) in [4.78, 5) is 72.8. The minimum atomic E-state index is -4.96. The van der Waals surface area contributed by atoms with Crippen molar-refractivity contribution in [1.82, 2.24) is 0 Å². The molecule has 0 radical (unpaired) electrons. The van der Waals surface area contributed by atoms with E-state index in [1.54, 1.807) is 0 Å². The molecule has 0 aromatic carbocycles. The Morgan fingerprint density at radius 2 is 0.537 bits per heavy atom. The van der Waals surface area contributed by atoms with E-state index in [-0.39, 0.29) is 25.7 Å². The number of unbranched alkanes of at least 4 members (excludes halogenated alkanes) is 41. The van der Waals surface area contributed by atoms with E-state index in [1.165, 1.54) is 193 Å². The van der Waals surface area contributed by atoms with Gasteiger partial charge in [0.1, 0.15) is 19.3 Å². The molecule has 95 heavy (non-hydrogen) atoms. The van der Waals surface area contributed by atoms with Crippen molar-refractivity contribution >= 4 is 39.5 Å². The topological polar surface area (TPSA) is 237 Å². The molecule has 0 aromatic heterocycles. The zero-order valence-corrected chi connectivity index (χ0v) is 63.9. The van der Waals surface area contributed by atoms with Gasteiger partial charge in [-0.15, -0.1) is 0 Å². The standard InChI is InChI=1S/C76H148O17P2/c1-8-10-11-12-13-14-15-16-17-18-19-20-23-30-37-45-52-59-75(80)92-71(63-86-73(78)57-50-43-36-29-24-21-22-27-33-40-47-54-67(3)4)65-90-94(82,83)88-61-70(77)62-89-95(84,85)91-66-72(64-87-74(79)58-51-44-39-32-34-41-48-55-68(5)6)93-76(81)60-53-46-38-31-26-25-28-35-42-49-56-69(7)9-2/h67-72,77H,8-66H2,1-7H3,(H,82,83)(H,84,85)/t69?,70-,71-,72-/m1/s1. The highest BCUT2D eigenvalue weighted by molar-refractivity contribution is 7.47. The number of ether oxygens (including phenoxy) is 4. The third-order valence-electron chi connectivity index (χ3n) is 18.0. The van der Waals surface area contributed by atoms with Crippen LogP contribution in [0.15, 0.2) is 0 Å². The lowest BCUT2D eigenvalue weighted by Crippen LogP contribution is -2.30. The number of carbonyl (C=O) groups is 4. The van der Waals surface area contributed by atoms with Crippen LogP contribution >= 0.6 is 15.6 Å². The van der Waals surface area contributed by atoms with E-state index in [1.807, 2.05) is 0 Å². The van der Waals surface area contributed by atoms with Crippen molar-refractivity contribution in [2.24, 2.45) is 17.8 Å². The number of phosphoric ester groups is 2. The van der Waals surface area contributed by atoms with E-state index in [4.69, 9.17) is 37.0 Å². The molecule has 0 heterocycles. The van der Waals surface area contributed by atoms with Crippen LogP contribution in [0.5, 0.6) is 0 Å². The number of esters is 4. The van der Waals surface area contributed by atoms with Crippen LogP contribution in [-0.4, -0.2) is 96.7 Å². The molecule has 0 saturated heterocycles. The van der Waals surface area contributed by atoms with Gasteiger partial charge in [-0.2, -0.15) is 0 Å². The van der Waals surface area contributed by atoms with Gasteiger partial charge in [0.05, 0.1) is 26.4 Å². The summed E-state index contributed by atoms with van der Waals surface area (Å²) in [5.41, 5.74) is 0. The van der Waals surface area contributed by atoms with Crippen molar-refractivity contribution in [2.75, 3.05) is 39.6 Å². The maximum absolute atomic E-state index is 13.1. The average Bonchev–Trinajstić information content (AvgIpc) is 1.34. The maximum Gasteiger partial charge on any atom is 0.472 e. The summed E-state index contributed by atoms with van der Waals surface area (Å²) < 4.78 is 68.5. The Balaban J connectivity index is 5.26. The number of rotatable bonds is 74. The van der Waals surface area contributed by atoms with Crippen molar-refractivity contribution in [1.29, 1.82) is 0 Å². The minimum Gasteiger partial charge on any atom is -0.462 e. The van der Waals surface area contributed by atoms with Crippen LogP contribution in [0.2, 0.25) is 0 Å². The second-order valence-corrected chi connectivity index (χ2v) is 31.5. The molecule has 0 aliphatic heterocycles. The lowest BCUT2D eigenvalue weighted by Gasteiger charge is -2.21. The van der Waals surface area contributed by atoms with Gasteiger partial charge >= 0.3 is 39.5 Å². The highest BCUT2D eigenvalue weighted by atomic mass is 31.2. The zero-order valence-electron chi connectivity index (χ0n) is 62.1. The largest absolute Gasteiger partial charge is 0.472 e. The number of phosphoric acid groups is 2. The third kappa shape index (κ3) is 69.0. The maximum atomic E-state index is 13.1. The minimum absolute atomic E-state index is 0.105. The van der Waals surface area contributed by atoms with Crippen LogP contribution in [0.4, 0.5) is 0 Å². The number of hydrogen-bond acceptors (Lipinski definition) is 15. The molecule has 6 atom stereocenters. The van der Waals surface area contributed by atoms with E-state index >= 15 is 0 Å². The molecule has 0 aliphatic carbocycles. The fourth-order valence-electron chi connectivity index (χ4n) is 11.6. The molecular formula is C76H148O17P2. The van der Waals surface area contributed by atoms with Gasteiger partial charge in [0.2, 0.25) is 0 Å². The second-order valence-electron chi connectivity index (χ2n) is 28.6. The Labute approximate surface area is 581 Å². The van der Waals surface area contributed by atoms with E-state index in [2.05, 4.69) is 48.5 Å². The zero-order chi connectivity index (χ0) is 70.1. The van der Waals surface area contributed by atoms with Gasteiger partial charge in [-0.1, -0.05) is 337 Å².